The average Bonchev–Trinajstić information content (AvgIpc) is 3.33. The van der Waals surface area contributed by atoms with Gasteiger partial charge in [0.1, 0.15) is 48.0 Å². The van der Waals surface area contributed by atoms with Gasteiger partial charge < -0.3 is 85.9 Å². The number of carbonyl (C=O) groups is 12. The van der Waals surface area contributed by atoms with E-state index in [1.54, 1.807) is 27.7 Å². The number of amides is 9. The summed E-state index contributed by atoms with van der Waals surface area (Å²) in [6, 6.07) is -6.17. The van der Waals surface area contributed by atoms with Crippen LogP contribution in [0.5, 0.6) is 5.75 Å². The molecule has 0 radical (unpaired) electrons. The van der Waals surface area contributed by atoms with Crippen LogP contribution >= 0.6 is 0 Å². The molecule has 0 aromatic heterocycles. The molecule has 0 bridgehead atoms. The van der Waals surface area contributed by atoms with Gasteiger partial charge in [0.25, 0.3) is 0 Å². The molecule has 1 aromatic carbocycles. The second-order valence-corrected chi connectivity index (χ2v) is 18.9. The van der Waals surface area contributed by atoms with Crippen molar-refractivity contribution in [2.75, 3.05) is 19.6 Å². The third kappa shape index (κ3) is 26.7. The van der Waals surface area contributed by atoms with E-state index >= 15 is 0 Å². The minimum atomic E-state index is -1.73. The lowest BCUT2D eigenvalue weighted by atomic mass is 10.0. The van der Waals surface area contributed by atoms with Crippen molar-refractivity contribution in [1.82, 2.24) is 42.5 Å². The van der Waals surface area contributed by atoms with Crippen LogP contribution in [0.1, 0.15) is 110 Å². The SMILES string of the molecule is CC(C)CC(N)C(=O)NC(CCC(=O)O)C(=O)NC(CCC(=O)O)C(=O)NC(CCCCN)C(=O)NC(CCCCN)C(=O)NCC(=O)NC(CC(N)=O)C(=O)NC(Cc1ccc(O)cc1)C(=O)NC(C(=O)O)C(C)C. The van der Waals surface area contributed by atoms with Crippen LogP contribution < -0.4 is 65.5 Å². The van der Waals surface area contributed by atoms with Gasteiger partial charge in [-0.1, -0.05) is 39.8 Å². The number of phenols is 1. The molecule has 20 N–H and O–H groups in total. The summed E-state index contributed by atoms with van der Waals surface area (Å²) in [4.78, 5) is 156. The summed E-state index contributed by atoms with van der Waals surface area (Å²) in [5, 5.41) is 57.4. The average molecular weight is 1080 g/mol. The van der Waals surface area contributed by atoms with Gasteiger partial charge in [-0.25, -0.2) is 4.79 Å². The fourth-order valence-corrected chi connectivity index (χ4v) is 7.37. The number of nitrogens with one attached hydrogen (secondary N) is 8. The molecule has 0 saturated heterocycles. The molecule has 0 fully saturated rings. The number of rotatable bonds is 38. The molecular formula is C48H78N12O16. The summed E-state index contributed by atoms with van der Waals surface area (Å²) in [5.74, 6) is -13.6. The Morgan fingerprint density at radius 2 is 0.947 bits per heavy atom. The highest BCUT2D eigenvalue weighted by Crippen LogP contribution is 2.14. The third-order valence-corrected chi connectivity index (χ3v) is 11.5. The summed E-state index contributed by atoms with van der Waals surface area (Å²) in [7, 11) is 0. The molecule has 0 aliphatic carbocycles. The zero-order chi connectivity index (χ0) is 57.7. The number of aliphatic carboxylic acids is 3. The lowest BCUT2D eigenvalue weighted by Gasteiger charge is -2.27. The molecule has 0 spiro atoms. The predicted molar refractivity (Wildman–Crippen MR) is 272 cm³/mol. The Morgan fingerprint density at radius 1 is 0.526 bits per heavy atom. The van der Waals surface area contributed by atoms with E-state index in [0.29, 0.717) is 18.4 Å². The number of carbonyl (C=O) groups excluding carboxylic acids is 9. The van der Waals surface area contributed by atoms with Crippen molar-refractivity contribution in [3.8, 4) is 5.75 Å². The van der Waals surface area contributed by atoms with E-state index < -0.39 is 164 Å². The third-order valence-electron chi connectivity index (χ3n) is 11.5. The van der Waals surface area contributed by atoms with E-state index in [-0.39, 0.29) is 63.3 Å². The van der Waals surface area contributed by atoms with Gasteiger partial charge in [0.15, 0.2) is 0 Å². The van der Waals surface area contributed by atoms with Gasteiger partial charge in [-0.3, -0.25) is 52.7 Å². The fourth-order valence-electron chi connectivity index (χ4n) is 7.37. The smallest absolute Gasteiger partial charge is 0.326 e. The molecule has 76 heavy (non-hydrogen) atoms. The summed E-state index contributed by atoms with van der Waals surface area (Å²) < 4.78 is 0. The molecule has 8 unspecified atom stereocenters. The molecule has 1 rings (SSSR count). The van der Waals surface area contributed by atoms with Crippen LogP contribution in [0.3, 0.4) is 0 Å². The predicted octanol–water partition coefficient (Wildman–Crippen LogP) is -3.58. The quantitative estimate of drug-likeness (QED) is 0.0285. The Labute approximate surface area is 440 Å². The highest BCUT2D eigenvalue weighted by molar-refractivity contribution is 5.98. The molecule has 426 valence electrons. The first-order valence-electron chi connectivity index (χ1n) is 25.0. The van der Waals surface area contributed by atoms with E-state index in [0.717, 1.165) is 0 Å². The first kappa shape index (κ1) is 66.6. The molecule has 0 saturated carbocycles. The molecular weight excluding hydrogens is 1000 g/mol. The Bertz CT molecular complexity index is 2140. The lowest BCUT2D eigenvalue weighted by molar-refractivity contribution is -0.143. The molecule has 28 nitrogen and oxygen atoms in total. The zero-order valence-electron chi connectivity index (χ0n) is 43.4. The maximum absolute atomic E-state index is 14.0. The van der Waals surface area contributed by atoms with Crippen LogP contribution in [-0.4, -0.2) is 159 Å². The van der Waals surface area contributed by atoms with Crippen LogP contribution in [-0.2, 0) is 64.0 Å². The van der Waals surface area contributed by atoms with Gasteiger partial charge in [0.2, 0.25) is 53.2 Å². The number of phenolic OH excluding ortho intramolecular Hbond substituents is 1. The maximum Gasteiger partial charge on any atom is 0.326 e. The first-order valence-corrected chi connectivity index (χ1v) is 25.0. The second kappa shape index (κ2) is 34.9. The number of carboxylic acids is 3. The van der Waals surface area contributed by atoms with Crippen molar-refractivity contribution in [2.24, 2.45) is 34.8 Å². The fraction of sp³-hybridized carbons (Fsp3) is 0.625. The van der Waals surface area contributed by atoms with Gasteiger partial charge in [0, 0.05) is 19.3 Å². The van der Waals surface area contributed by atoms with E-state index in [1.807, 2.05) is 0 Å². The number of benzene rings is 1. The number of aromatic hydroxyl groups is 1. The minimum Gasteiger partial charge on any atom is -0.508 e. The summed E-state index contributed by atoms with van der Waals surface area (Å²) in [5.41, 5.74) is 23.1. The van der Waals surface area contributed by atoms with Crippen molar-refractivity contribution in [3.63, 3.8) is 0 Å². The number of hydrogen-bond donors (Lipinski definition) is 16. The van der Waals surface area contributed by atoms with Crippen LogP contribution in [0.2, 0.25) is 0 Å². The Balaban J connectivity index is 3.39. The molecule has 28 heteroatoms. The van der Waals surface area contributed by atoms with Crippen molar-refractivity contribution in [2.45, 2.75) is 160 Å². The molecule has 8 atom stereocenters. The standard InChI is InChI=1S/C48H78N12O16/c1-25(2)21-29(51)41(68)55-32(15-17-38(64)65)44(71)58-33(16-18-39(66)67)45(72)57-31(10-6-8-20-50)43(70)56-30(9-5-7-19-49)42(69)53-24-37(63)54-35(23-36(52)62)46(73)59-34(22-27-11-13-28(61)14-12-27)47(74)60-40(26(3)4)48(75)76/h11-14,25-26,29-35,40,61H,5-10,15-24,49-51H2,1-4H3,(H2,52,62)(H,53,69)(H,54,63)(H,55,68)(H,56,70)(H,57,72)(H,58,71)(H,59,73)(H,60,74)(H,64,65)(H,66,67)(H,75,76). The molecule has 0 aliphatic heterocycles. The van der Waals surface area contributed by atoms with Gasteiger partial charge in [-0.05, 0) is 100 Å². The van der Waals surface area contributed by atoms with E-state index in [2.05, 4.69) is 42.5 Å². The molecule has 1 aromatic rings. The summed E-state index contributed by atoms with van der Waals surface area (Å²) >= 11 is 0. The number of carboxylic acid groups (broad SMARTS) is 3. The van der Waals surface area contributed by atoms with Gasteiger partial charge in [-0.2, -0.15) is 0 Å². The Kier molecular flexibility index (Phi) is 30.6. The van der Waals surface area contributed by atoms with E-state index in [9.17, 15) is 78.0 Å². The van der Waals surface area contributed by atoms with Crippen LogP contribution in [0.15, 0.2) is 24.3 Å². The maximum atomic E-state index is 14.0. The molecule has 0 aliphatic rings. The Hall–Kier alpha value is -7.46. The van der Waals surface area contributed by atoms with Crippen LogP contribution in [0.25, 0.3) is 0 Å². The minimum absolute atomic E-state index is 0.0213. The molecule has 0 heterocycles. The highest BCUT2D eigenvalue weighted by Gasteiger charge is 2.35. The summed E-state index contributed by atoms with van der Waals surface area (Å²) in [6.45, 7) is 6.20. The van der Waals surface area contributed by atoms with Crippen molar-refractivity contribution >= 4 is 71.1 Å². The molecule has 9 amide bonds. The van der Waals surface area contributed by atoms with Crippen LogP contribution in [0, 0.1) is 11.8 Å². The lowest BCUT2D eigenvalue weighted by Crippen LogP contribution is -2.59. The number of unbranched alkanes of at least 4 members (excludes halogenated alkanes) is 2. The summed E-state index contributed by atoms with van der Waals surface area (Å²) in [6.07, 6.45) is -1.92. The largest absolute Gasteiger partial charge is 0.508 e. The highest BCUT2D eigenvalue weighted by atomic mass is 16.4. The zero-order valence-corrected chi connectivity index (χ0v) is 43.4. The van der Waals surface area contributed by atoms with E-state index in [1.165, 1.54) is 24.3 Å². The topological polar surface area (TPSA) is 486 Å². The normalized spacial score (nSPS) is 14.2. The first-order chi connectivity index (χ1) is 35.7. The monoisotopic (exact) mass is 1080 g/mol. The van der Waals surface area contributed by atoms with Gasteiger partial charge >= 0.3 is 17.9 Å². The van der Waals surface area contributed by atoms with Gasteiger partial charge in [-0.15, -0.1) is 0 Å². The van der Waals surface area contributed by atoms with Crippen molar-refractivity contribution < 1.29 is 78.0 Å². The number of primary amides is 1. The van der Waals surface area contributed by atoms with Crippen molar-refractivity contribution in [3.05, 3.63) is 29.8 Å². The van der Waals surface area contributed by atoms with Crippen LogP contribution in [0.4, 0.5) is 0 Å². The van der Waals surface area contributed by atoms with Crippen molar-refractivity contribution in [1.29, 1.82) is 0 Å². The number of nitrogens with two attached hydrogens (primary N) is 4. The Morgan fingerprint density at radius 3 is 1.37 bits per heavy atom. The van der Waals surface area contributed by atoms with Gasteiger partial charge in [0.05, 0.1) is 19.0 Å². The van der Waals surface area contributed by atoms with E-state index in [4.69, 9.17) is 22.9 Å². The number of hydrogen-bond acceptors (Lipinski definition) is 16. The second-order valence-electron chi connectivity index (χ2n) is 18.9.